The molecule has 0 N–H and O–H groups in total. The lowest BCUT2D eigenvalue weighted by Crippen LogP contribution is -2.54. The van der Waals surface area contributed by atoms with Gasteiger partial charge in [0.2, 0.25) is 0 Å². The van der Waals surface area contributed by atoms with Gasteiger partial charge in [0.25, 0.3) is 0 Å². The summed E-state index contributed by atoms with van der Waals surface area (Å²) in [6, 6.07) is 26.4. The van der Waals surface area contributed by atoms with Gasteiger partial charge < -0.3 is 0 Å². The van der Waals surface area contributed by atoms with Gasteiger partial charge in [0.15, 0.2) is 0 Å². The van der Waals surface area contributed by atoms with Gasteiger partial charge in [0.1, 0.15) is 6.29 Å². The van der Waals surface area contributed by atoms with E-state index < -0.39 is 0 Å². The van der Waals surface area contributed by atoms with E-state index in [0.717, 1.165) is 77.0 Å². The van der Waals surface area contributed by atoms with Gasteiger partial charge >= 0.3 is 0 Å². The van der Waals surface area contributed by atoms with Gasteiger partial charge in [-0.2, -0.15) is 0 Å². The van der Waals surface area contributed by atoms with Gasteiger partial charge in [-0.05, 0) is 154 Å². The molecule has 0 amide bonds. The first-order valence-corrected chi connectivity index (χ1v) is 20.5. The maximum Gasteiger partial charge on any atom is 0.150 e. The molecule has 5 aromatic rings. The largest absolute Gasteiger partial charge is 0.298 e. The molecule has 9 rings (SSSR count). The predicted octanol–water partition coefficient (Wildman–Crippen LogP) is 13.1. The molecule has 0 spiro atoms. The molecule has 1 heterocycles. The normalized spacial score (nSPS) is 30.6. The first-order chi connectivity index (χ1) is 24.7. The molecule has 1 aromatic heterocycles. The molecule has 3 saturated carbocycles. The summed E-state index contributed by atoms with van der Waals surface area (Å²) in [5.74, 6) is 5.80. The van der Waals surface area contributed by atoms with Crippen LogP contribution in [0.15, 0.2) is 72.8 Å². The van der Waals surface area contributed by atoms with Crippen LogP contribution in [0.1, 0.15) is 114 Å². The van der Waals surface area contributed by atoms with Crippen LogP contribution in [0.25, 0.3) is 43.7 Å². The summed E-state index contributed by atoms with van der Waals surface area (Å²) in [5, 5.41) is 6.64. The van der Waals surface area contributed by atoms with Crippen molar-refractivity contribution < 1.29 is 4.79 Å². The Morgan fingerprint density at radius 1 is 0.784 bits per heavy atom. The number of aldehydes is 1. The second kappa shape index (κ2) is 12.6. The third-order valence-electron chi connectivity index (χ3n) is 15.6. The van der Waals surface area contributed by atoms with Crippen LogP contribution in [0.4, 0.5) is 0 Å². The lowest BCUT2D eigenvalue weighted by atomic mass is 9.44. The van der Waals surface area contributed by atoms with Crippen LogP contribution in [0.5, 0.6) is 0 Å². The van der Waals surface area contributed by atoms with Gasteiger partial charge in [-0.15, -0.1) is 0 Å². The molecule has 0 bridgehead atoms. The summed E-state index contributed by atoms with van der Waals surface area (Å²) in [6.45, 7) is 12.8. The summed E-state index contributed by atoms with van der Waals surface area (Å²) >= 11 is 0. The Kier molecular flexibility index (Phi) is 8.21. The van der Waals surface area contributed by atoms with Gasteiger partial charge in [-0.25, -0.2) is 4.98 Å². The van der Waals surface area contributed by atoms with Gasteiger partial charge in [0.05, 0.1) is 11.2 Å². The highest BCUT2D eigenvalue weighted by molar-refractivity contribution is 6.13. The zero-order valence-corrected chi connectivity index (χ0v) is 31.7. The molecule has 0 aliphatic heterocycles. The van der Waals surface area contributed by atoms with E-state index >= 15 is 0 Å². The summed E-state index contributed by atoms with van der Waals surface area (Å²) in [7, 11) is 0. The van der Waals surface area contributed by atoms with E-state index in [2.05, 4.69) is 95.3 Å². The molecule has 4 aliphatic rings. The van der Waals surface area contributed by atoms with Gasteiger partial charge in [0, 0.05) is 16.5 Å². The Hall–Kier alpha value is -3.52. The molecule has 3 fully saturated rings. The third-order valence-corrected chi connectivity index (χ3v) is 15.6. The van der Waals surface area contributed by atoms with Crippen molar-refractivity contribution in [3.8, 4) is 11.3 Å². The molecule has 2 nitrogen and oxygen atoms in total. The van der Waals surface area contributed by atoms with E-state index in [4.69, 9.17) is 4.98 Å². The molecule has 4 aromatic carbocycles. The van der Waals surface area contributed by atoms with E-state index in [0.29, 0.717) is 11.3 Å². The highest BCUT2D eigenvalue weighted by Gasteiger charge is 2.60. The van der Waals surface area contributed by atoms with Crippen LogP contribution in [0.3, 0.4) is 0 Å². The van der Waals surface area contributed by atoms with E-state index in [1.165, 1.54) is 90.3 Å². The molecular weight excluding hydrogens is 619 g/mol. The number of hydrogen-bond donors (Lipinski definition) is 0. The number of rotatable bonds is 7. The fourth-order valence-electron chi connectivity index (χ4n) is 13.1. The van der Waals surface area contributed by atoms with Crippen LogP contribution < -0.4 is 0 Å². The quantitative estimate of drug-likeness (QED) is 0.0976. The van der Waals surface area contributed by atoms with Crippen LogP contribution in [0, 0.1) is 52.3 Å². The summed E-state index contributed by atoms with van der Waals surface area (Å²) in [5.41, 5.74) is 7.95. The monoisotopic (exact) mass is 675 g/mol. The van der Waals surface area contributed by atoms with E-state index in [-0.39, 0.29) is 5.41 Å². The Bertz CT molecular complexity index is 2130. The fourth-order valence-corrected chi connectivity index (χ4v) is 13.1. The molecule has 0 radical (unpaired) electrons. The Balaban J connectivity index is 1.13. The number of aromatic nitrogens is 1. The minimum absolute atomic E-state index is 0.280. The van der Waals surface area contributed by atoms with E-state index in [9.17, 15) is 4.79 Å². The van der Waals surface area contributed by atoms with Crippen LogP contribution in [-0.2, 0) is 12.8 Å². The van der Waals surface area contributed by atoms with Crippen molar-refractivity contribution in [2.45, 2.75) is 105 Å². The summed E-state index contributed by atoms with van der Waals surface area (Å²) in [6.07, 6.45) is 15.9. The van der Waals surface area contributed by atoms with Crippen molar-refractivity contribution in [1.82, 2.24) is 4.98 Å². The summed E-state index contributed by atoms with van der Waals surface area (Å²) < 4.78 is 0. The van der Waals surface area contributed by atoms with Crippen molar-refractivity contribution in [3.63, 3.8) is 0 Å². The number of carbonyl (C=O) groups is 1. The Labute approximate surface area is 305 Å². The zero-order chi connectivity index (χ0) is 35.1. The highest BCUT2D eigenvalue weighted by atomic mass is 16.1. The SMILES string of the molecule is CC(C)CCC[C@@H](C)[C@H]1CC[C@H]2[C@@H]3CCC4Cc5c(c(-c6ccc(C=O)cc6)nc6ccc7cc8ccccc8cc7c56)C[C@]4(C)[C@H]3CC[C@]12C. The number of hydrogen-bond acceptors (Lipinski definition) is 2. The average molecular weight is 676 g/mol. The summed E-state index contributed by atoms with van der Waals surface area (Å²) in [4.78, 5) is 17.2. The van der Waals surface area contributed by atoms with Crippen LogP contribution in [0.2, 0.25) is 0 Å². The Morgan fingerprint density at radius 2 is 1.55 bits per heavy atom. The Morgan fingerprint density at radius 3 is 2.31 bits per heavy atom. The first kappa shape index (κ1) is 33.3. The predicted molar refractivity (Wildman–Crippen MR) is 214 cm³/mol. The second-order valence-corrected chi connectivity index (χ2v) is 18.6. The minimum Gasteiger partial charge on any atom is -0.298 e. The van der Waals surface area contributed by atoms with E-state index in [1.807, 2.05) is 12.1 Å². The number of fused-ring (bicyclic) bond motifs is 11. The maximum absolute atomic E-state index is 11.6. The second-order valence-electron chi connectivity index (χ2n) is 18.6. The van der Waals surface area contributed by atoms with Crippen molar-refractivity contribution in [2.24, 2.45) is 52.3 Å². The number of nitrogens with zero attached hydrogens (tertiary/aromatic N) is 1. The molecule has 1 unspecified atom stereocenters. The zero-order valence-electron chi connectivity index (χ0n) is 31.7. The average Bonchev–Trinajstić information content (AvgIpc) is 3.49. The van der Waals surface area contributed by atoms with Gasteiger partial charge in [-0.1, -0.05) is 108 Å². The first-order valence-electron chi connectivity index (χ1n) is 20.5. The van der Waals surface area contributed by atoms with Crippen molar-refractivity contribution in [1.29, 1.82) is 0 Å². The molecule has 2 heteroatoms. The molecule has 8 atom stereocenters. The lowest BCUT2D eigenvalue weighted by Gasteiger charge is -2.61. The highest BCUT2D eigenvalue weighted by Crippen LogP contribution is 2.68. The molecule has 264 valence electrons. The van der Waals surface area contributed by atoms with Crippen molar-refractivity contribution in [2.75, 3.05) is 0 Å². The van der Waals surface area contributed by atoms with Crippen molar-refractivity contribution in [3.05, 3.63) is 89.5 Å². The molecular formula is C49H57NO. The van der Waals surface area contributed by atoms with Crippen LogP contribution in [-0.4, -0.2) is 11.3 Å². The van der Waals surface area contributed by atoms with E-state index in [1.54, 1.807) is 5.56 Å². The van der Waals surface area contributed by atoms with Crippen LogP contribution >= 0.6 is 0 Å². The number of pyridine rings is 1. The lowest BCUT2D eigenvalue weighted by molar-refractivity contribution is -0.103. The minimum atomic E-state index is 0.280. The third kappa shape index (κ3) is 5.32. The number of carbonyl (C=O) groups excluding carboxylic acids is 1. The fraction of sp³-hybridized carbons (Fsp3) is 0.510. The molecule has 4 aliphatic carbocycles. The number of benzene rings is 4. The van der Waals surface area contributed by atoms with Gasteiger partial charge in [-0.3, -0.25) is 4.79 Å². The maximum atomic E-state index is 11.6. The standard InChI is InChI=1S/C49H57NO/c1-30(2)9-8-10-31(3)42-20-21-43-38-19-18-37-27-40-41(28-49(37,5)44(38)23-24-48(42,43)4)47(33-15-13-32(29-51)14-16-33)50-45-22-17-36-25-34-11-6-7-12-35(34)26-39(36)46(40)45/h6-7,11-17,22,25-26,29-31,37-38,42-44H,8-10,18-21,23-24,27-28H2,1-5H3/t31-,37?,38+,42-,43+,44+,48-,49+/m1/s1. The molecule has 0 saturated heterocycles. The topological polar surface area (TPSA) is 30.0 Å². The van der Waals surface area contributed by atoms with Crippen molar-refractivity contribution >= 4 is 38.7 Å². The smallest absolute Gasteiger partial charge is 0.150 e. The molecule has 51 heavy (non-hydrogen) atoms.